The van der Waals surface area contributed by atoms with Gasteiger partial charge in [-0.3, -0.25) is 19.0 Å². The molecule has 1 aromatic heterocycles. The van der Waals surface area contributed by atoms with E-state index in [1.807, 2.05) is 0 Å². The summed E-state index contributed by atoms with van der Waals surface area (Å²) in [4.78, 5) is 39.5. The van der Waals surface area contributed by atoms with Crippen LogP contribution in [0.4, 0.5) is 5.69 Å². The van der Waals surface area contributed by atoms with Crippen LogP contribution < -0.4 is 10.9 Å². The first-order valence-electron chi connectivity index (χ1n) is 7.16. The van der Waals surface area contributed by atoms with E-state index in [0.29, 0.717) is 22.2 Å². The van der Waals surface area contributed by atoms with Crippen LogP contribution in [-0.4, -0.2) is 27.0 Å². The molecule has 23 heavy (non-hydrogen) atoms. The SMILES string of the molecule is CC(=O)c1ccc(NC(=O)CC2CSc3nccc(=O)n32)cc1. The average molecular weight is 329 g/mol. The summed E-state index contributed by atoms with van der Waals surface area (Å²) in [7, 11) is 0. The van der Waals surface area contributed by atoms with Gasteiger partial charge in [-0.25, -0.2) is 4.98 Å². The van der Waals surface area contributed by atoms with Gasteiger partial charge in [0.2, 0.25) is 5.91 Å². The highest BCUT2D eigenvalue weighted by atomic mass is 32.2. The van der Waals surface area contributed by atoms with Crippen LogP contribution in [0.3, 0.4) is 0 Å². The Bertz CT molecular complexity index is 814. The second-order valence-electron chi connectivity index (χ2n) is 5.29. The van der Waals surface area contributed by atoms with Gasteiger partial charge in [-0.1, -0.05) is 11.8 Å². The first-order valence-corrected chi connectivity index (χ1v) is 8.14. The standard InChI is InChI=1S/C16H15N3O3S/c1-10(20)11-2-4-12(5-3-11)18-14(21)8-13-9-23-16-17-7-6-15(22)19(13)16/h2-7,13H,8-9H2,1H3,(H,18,21). The fourth-order valence-corrected chi connectivity index (χ4v) is 3.58. The summed E-state index contributed by atoms with van der Waals surface area (Å²) in [5.41, 5.74) is 1.09. The highest BCUT2D eigenvalue weighted by Crippen LogP contribution is 2.31. The molecule has 1 aliphatic heterocycles. The molecule has 0 saturated heterocycles. The van der Waals surface area contributed by atoms with E-state index in [4.69, 9.17) is 0 Å². The van der Waals surface area contributed by atoms with Gasteiger partial charge in [0.25, 0.3) is 5.56 Å². The Hall–Kier alpha value is -2.41. The van der Waals surface area contributed by atoms with Crippen molar-refractivity contribution in [3.8, 4) is 0 Å². The molecule has 0 saturated carbocycles. The zero-order chi connectivity index (χ0) is 16.4. The predicted molar refractivity (Wildman–Crippen MR) is 88.0 cm³/mol. The van der Waals surface area contributed by atoms with Gasteiger partial charge in [-0.2, -0.15) is 0 Å². The molecule has 1 amide bonds. The lowest BCUT2D eigenvalue weighted by Gasteiger charge is -2.13. The van der Waals surface area contributed by atoms with Crippen molar-refractivity contribution in [3.63, 3.8) is 0 Å². The summed E-state index contributed by atoms with van der Waals surface area (Å²) < 4.78 is 1.57. The normalized spacial score (nSPS) is 16.0. The number of thioether (sulfide) groups is 1. The summed E-state index contributed by atoms with van der Waals surface area (Å²) in [6.07, 6.45) is 1.69. The van der Waals surface area contributed by atoms with Gasteiger partial charge in [0.05, 0.1) is 6.04 Å². The third-order valence-electron chi connectivity index (χ3n) is 3.61. The van der Waals surface area contributed by atoms with E-state index in [-0.39, 0.29) is 29.7 Å². The summed E-state index contributed by atoms with van der Waals surface area (Å²) in [6.45, 7) is 1.49. The average Bonchev–Trinajstić information content (AvgIpc) is 2.92. The Morgan fingerprint density at radius 3 is 2.74 bits per heavy atom. The van der Waals surface area contributed by atoms with Crippen LogP contribution in [0.15, 0.2) is 46.5 Å². The van der Waals surface area contributed by atoms with Crippen molar-refractivity contribution in [3.05, 3.63) is 52.4 Å². The first-order chi connectivity index (χ1) is 11.0. The Balaban J connectivity index is 1.67. The molecule has 118 valence electrons. The molecule has 2 aromatic rings. The highest BCUT2D eigenvalue weighted by molar-refractivity contribution is 7.99. The number of rotatable bonds is 4. The molecule has 0 radical (unpaired) electrons. The number of carbonyl (C=O) groups is 2. The molecular weight excluding hydrogens is 314 g/mol. The molecule has 0 spiro atoms. The summed E-state index contributed by atoms with van der Waals surface area (Å²) in [5, 5.41) is 3.44. The number of aromatic nitrogens is 2. The van der Waals surface area contributed by atoms with Gasteiger partial charge >= 0.3 is 0 Å². The van der Waals surface area contributed by atoms with Crippen LogP contribution >= 0.6 is 11.8 Å². The molecule has 0 bridgehead atoms. The minimum absolute atomic E-state index is 0.0191. The van der Waals surface area contributed by atoms with Gasteiger partial charge in [-0.05, 0) is 31.2 Å². The number of nitrogens with one attached hydrogen (secondary N) is 1. The fraction of sp³-hybridized carbons (Fsp3) is 0.250. The molecule has 1 aliphatic rings. The lowest BCUT2D eigenvalue weighted by molar-refractivity contribution is -0.116. The van der Waals surface area contributed by atoms with Gasteiger partial charge in [0.15, 0.2) is 10.9 Å². The summed E-state index contributed by atoms with van der Waals surface area (Å²) in [5.74, 6) is 0.465. The van der Waals surface area contributed by atoms with E-state index in [2.05, 4.69) is 10.3 Å². The van der Waals surface area contributed by atoms with E-state index in [1.54, 1.807) is 28.8 Å². The van der Waals surface area contributed by atoms with Crippen LogP contribution in [0.5, 0.6) is 0 Å². The molecule has 1 N–H and O–H groups in total. The zero-order valence-electron chi connectivity index (χ0n) is 12.5. The van der Waals surface area contributed by atoms with E-state index in [0.717, 1.165) is 0 Å². The number of hydrogen-bond donors (Lipinski definition) is 1. The van der Waals surface area contributed by atoms with Crippen LogP contribution in [0, 0.1) is 0 Å². The van der Waals surface area contributed by atoms with E-state index in [9.17, 15) is 14.4 Å². The maximum Gasteiger partial charge on any atom is 0.254 e. The molecule has 2 heterocycles. The third kappa shape index (κ3) is 3.34. The van der Waals surface area contributed by atoms with Crippen molar-refractivity contribution in [2.45, 2.75) is 24.5 Å². The summed E-state index contributed by atoms with van der Waals surface area (Å²) in [6, 6.07) is 7.95. The molecule has 1 unspecified atom stereocenters. The third-order valence-corrected chi connectivity index (χ3v) is 4.72. The van der Waals surface area contributed by atoms with E-state index < -0.39 is 0 Å². The van der Waals surface area contributed by atoms with E-state index in [1.165, 1.54) is 30.9 Å². The predicted octanol–water partition coefficient (Wildman–Crippen LogP) is 2.12. The smallest absolute Gasteiger partial charge is 0.254 e. The number of fused-ring (bicyclic) bond motifs is 1. The second-order valence-corrected chi connectivity index (χ2v) is 6.27. The fourth-order valence-electron chi connectivity index (χ4n) is 2.45. The van der Waals surface area contributed by atoms with Crippen molar-refractivity contribution in [1.82, 2.24) is 9.55 Å². The Morgan fingerprint density at radius 1 is 1.30 bits per heavy atom. The van der Waals surface area contributed by atoms with Crippen LogP contribution in [0.1, 0.15) is 29.7 Å². The molecule has 1 aromatic carbocycles. The Kier molecular flexibility index (Phi) is 4.29. The highest BCUT2D eigenvalue weighted by Gasteiger charge is 2.26. The van der Waals surface area contributed by atoms with E-state index >= 15 is 0 Å². The minimum atomic E-state index is -0.187. The maximum absolute atomic E-state index is 12.2. The number of hydrogen-bond acceptors (Lipinski definition) is 5. The van der Waals surface area contributed by atoms with Gasteiger partial charge in [0.1, 0.15) is 0 Å². The summed E-state index contributed by atoms with van der Waals surface area (Å²) >= 11 is 1.48. The molecule has 0 aliphatic carbocycles. The van der Waals surface area contributed by atoms with Crippen LogP contribution in [-0.2, 0) is 4.79 Å². The topological polar surface area (TPSA) is 81.1 Å². The van der Waals surface area contributed by atoms with Crippen LogP contribution in [0.25, 0.3) is 0 Å². The number of amides is 1. The number of carbonyl (C=O) groups excluding carboxylic acids is 2. The van der Waals surface area contributed by atoms with Gasteiger partial charge in [-0.15, -0.1) is 0 Å². The monoisotopic (exact) mass is 329 g/mol. The molecule has 6 nitrogen and oxygen atoms in total. The van der Waals surface area contributed by atoms with Crippen molar-refractivity contribution >= 4 is 29.1 Å². The van der Waals surface area contributed by atoms with Crippen LogP contribution in [0.2, 0.25) is 0 Å². The van der Waals surface area contributed by atoms with Crippen molar-refractivity contribution in [2.75, 3.05) is 11.1 Å². The number of benzene rings is 1. The minimum Gasteiger partial charge on any atom is -0.326 e. The molecule has 1 atom stereocenters. The number of anilines is 1. The molecular formula is C16H15N3O3S. The van der Waals surface area contributed by atoms with Gasteiger partial charge < -0.3 is 5.32 Å². The number of Topliss-reactive ketones (excluding diaryl/α,β-unsaturated/α-hetero) is 1. The second kappa shape index (κ2) is 6.37. The quantitative estimate of drug-likeness (QED) is 0.686. The van der Waals surface area contributed by atoms with Gasteiger partial charge in [0, 0.05) is 35.7 Å². The molecule has 7 heteroatoms. The maximum atomic E-state index is 12.2. The molecule has 3 rings (SSSR count). The lowest BCUT2D eigenvalue weighted by Crippen LogP contribution is -2.26. The number of ketones is 1. The first kappa shape index (κ1) is 15.5. The Labute approximate surface area is 136 Å². The number of nitrogens with zero attached hydrogens (tertiary/aromatic N) is 2. The Morgan fingerprint density at radius 2 is 2.04 bits per heavy atom. The van der Waals surface area contributed by atoms with Crippen molar-refractivity contribution in [2.24, 2.45) is 0 Å². The van der Waals surface area contributed by atoms with Crippen molar-refractivity contribution < 1.29 is 9.59 Å². The largest absolute Gasteiger partial charge is 0.326 e. The molecule has 0 fully saturated rings. The zero-order valence-corrected chi connectivity index (χ0v) is 13.3. The van der Waals surface area contributed by atoms with Crippen molar-refractivity contribution in [1.29, 1.82) is 0 Å². The lowest BCUT2D eigenvalue weighted by atomic mass is 10.1.